The molecule has 1 atom stereocenters. The Bertz CT molecular complexity index is 574. The van der Waals surface area contributed by atoms with Crippen LogP contribution in [-0.2, 0) is 0 Å². The highest BCUT2D eigenvalue weighted by molar-refractivity contribution is 5.94. The average molecular weight is 342 g/mol. The van der Waals surface area contributed by atoms with Gasteiger partial charge >= 0.3 is 0 Å². The molecule has 1 aromatic rings. The predicted molar refractivity (Wildman–Crippen MR) is 99.1 cm³/mol. The van der Waals surface area contributed by atoms with Gasteiger partial charge in [-0.15, -0.1) is 0 Å². The molecule has 0 spiro atoms. The van der Waals surface area contributed by atoms with Crippen LogP contribution in [0.4, 0.5) is 0 Å². The molecule has 3 fully saturated rings. The molecule has 1 saturated carbocycles. The van der Waals surface area contributed by atoms with Crippen LogP contribution in [-0.4, -0.2) is 54.0 Å². The molecule has 25 heavy (non-hydrogen) atoms. The maximum absolute atomic E-state index is 12.9. The Balaban J connectivity index is 1.36. The maximum Gasteiger partial charge on any atom is 0.253 e. The fraction of sp³-hybridized carbons (Fsp3) is 0.667. The number of ether oxygens (including phenoxy) is 1. The van der Waals surface area contributed by atoms with Gasteiger partial charge in [0.2, 0.25) is 0 Å². The number of amides is 1. The summed E-state index contributed by atoms with van der Waals surface area (Å²) in [5.74, 6) is 1.08. The summed E-state index contributed by atoms with van der Waals surface area (Å²) in [5, 5.41) is 0. The Morgan fingerprint density at radius 1 is 0.880 bits per heavy atom. The molecule has 2 saturated heterocycles. The van der Waals surface area contributed by atoms with Gasteiger partial charge in [0.25, 0.3) is 5.91 Å². The Hall–Kier alpha value is -1.55. The van der Waals surface area contributed by atoms with E-state index < -0.39 is 0 Å². The fourth-order valence-electron chi connectivity index (χ4n) is 4.60. The second-order valence-corrected chi connectivity index (χ2v) is 7.84. The van der Waals surface area contributed by atoms with Crippen molar-refractivity contribution in [2.75, 3.05) is 26.2 Å². The predicted octanol–water partition coefficient (Wildman–Crippen LogP) is 3.71. The SMILES string of the molecule is O=C(c1ccc(OC2CCCC2)cc1)N1CCC[C@@H](N2CCCC2)C1. The van der Waals surface area contributed by atoms with Crippen LogP contribution in [0, 0.1) is 0 Å². The van der Waals surface area contributed by atoms with E-state index >= 15 is 0 Å². The summed E-state index contributed by atoms with van der Waals surface area (Å²) in [5.41, 5.74) is 0.792. The van der Waals surface area contributed by atoms with Crippen molar-refractivity contribution in [1.29, 1.82) is 0 Å². The number of hydrogen-bond donors (Lipinski definition) is 0. The van der Waals surface area contributed by atoms with Crippen molar-refractivity contribution in [3.8, 4) is 5.75 Å². The van der Waals surface area contributed by atoms with E-state index in [2.05, 4.69) is 9.80 Å². The van der Waals surface area contributed by atoms with Crippen LogP contribution < -0.4 is 4.74 Å². The van der Waals surface area contributed by atoms with Crippen LogP contribution in [0.1, 0.15) is 61.7 Å². The summed E-state index contributed by atoms with van der Waals surface area (Å²) in [7, 11) is 0. The normalized spacial score (nSPS) is 25.4. The number of carbonyl (C=O) groups excluding carboxylic acids is 1. The van der Waals surface area contributed by atoms with Gasteiger partial charge in [-0.1, -0.05) is 0 Å². The Morgan fingerprint density at radius 2 is 1.60 bits per heavy atom. The van der Waals surface area contributed by atoms with Gasteiger partial charge in [-0.25, -0.2) is 0 Å². The van der Waals surface area contributed by atoms with Crippen molar-refractivity contribution in [2.45, 2.75) is 63.5 Å². The van der Waals surface area contributed by atoms with Crippen LogP contribution in [0.5, 0.6) is 5.75 Å². The fourth-order valence-corrected chi connectivity index (χ4v) is 4.60. The highest BCUT2D eigenvalue weighted by atomic mass is 16.5. The molecule has 4 rings (SSSR count). The molecule has 1 aliphatic carbocycles. The van der Waals surface area contributed by atoms with Gasteiger partial charge in [0.05, 0.1) is 6.10 Å². The van der Waals surface area contributed by atoms with Crippen molar-refractivity contribution in [3.05, 3.63) is 29.8 Å². The van der Waals surface area contributed by atoms with Crippen LogP contribution >= 0.6 is 0 Å². The van der Waals surface area contributed by atoms with Crippen LogP contribution in [0.2, 0.25) is 0 Å². The van der Waals surface area contributed by atoms with Crippen molar-refractivity contribution in [1.82, 2.24) is 9.80 Å². The lowest BCUT2D eigenvalue weighted by Crippen LogP contribution is -2.48. The molecule has 136 valence electrons. The van der Waals surface area contributed by atoms with Crippen molar-refractivity contribution < 1.29 is 9.53 Å². The zero-order chi connectivity index (χ0) is 17.1. The van der Waals surface area contributed by atoms with Crippen molar-refractivity contribution in [3.63, 3.8) is 0 Å². The van der Waals surface area contributed by atoms with E-state index in [-0.39, 0.29) is 5.91 Å². The van der Waals surface area contributed by atoms with E-state index in [1.807, 2.05) is 24.3 Å². The average Bonchev–Trinajstić information content (AvgIpc) is 3.36. The lowest BCUT2D eigenvalue weighted by molar-refractivity contribution is 0.0608. The molecule has 3 aliphatic rings. The topological polar surface area (TPSA) is 32.8 Å². The molecule has 0 unspecified atom stereocenters. The molecule has 0 aromatic heterocycles. The summed E-state index contributed by atoms with van der Waals surface area (Å²) >= 11 is 0. The van der Waals surface area contributed by atoms with Gasteiger partial charge in [-0.05, 0) is 88.7 Å². The van der Waals surface area contributed by atoms with Gasteiger partial charge in [0, 0.05) is 24.7 Å². The van der Waals surface area contributed by atoms with Crippen molar-refractivity contribution >= 4 is 5.91 Å². The number of hydrogen-bond acceptors (Lipinski definition) is 3. The zero-order valence-corrected chi connectivity index (χ0v) is 15.2. The molecule has 1 aromatic carbocycles. The van der Waals surface area contributed by atoms with E-state index in [1.165, 1.54) is 45.2 Å². The standard InChI is InChI=1S/C21H30N2O2/c24-21(23-15-5-6-18(16-23)22-13-3-4-14-22)17-9-11-20(12-10-17)25-19-7-1-2-8-19/h9-12,18-19H,1-8,13-16H2/t18-/m1/s1. The van der Waals surface area contributed by atoms with E-state index in [1.54, 1.807) is 0 Å². The number of benzene rings is 1. The number of likely N-dealkylation sites (tertiary alicyclic amines) is 2. The zero-order valence-electron chi connectivity index (χ0n) is 15.2. The molecule has 0 N–H and O–H groups in total. The Morgan fingerprint density at radius 3 is 2.32 bits per heavy atom. The highest BCUT2D eigenvalue weighted by Crippen LogP contribution is 2.25. The lowest BCUT2D eigenvalue weighted by atomic mass is 10.0. The van der Waals surface area contributed by atoms with Gasteiger partial charge in [0.15, 0.2) is 0 Å². The lowest BCUT2D eigenvalue weighted by Gasteiger charge is -2.37. The van der Waals surface area contributed by atoms with Gasteiger partial charge in [-0.2, -0.15) is 0 Å². The minimum Gasteiger partial charge on any atom is -0.490 e. The van der Waals surface area contributed by atoms with Gasteiger partial charge in [0.1, 0.15) is 5.75 Å². The molecule has 4 nitrogen and oxygen atoms in total. The first-order valence-corrected chi connectivity index (χ1v) is 10.1. The summed E-state index contributed by atoms with van der Waals surface area (Å²) < 4.78 is 6.01. The molecule has 2 aliphatic heterocycles. The van der Waals surface area contributed by atoms with Crippen molar-refractivity contribution in [2.24, 2.45) is 0 Å². The van der Waals surface area contributed by atoms with Crippen LogP contribution in [0.25, 0.3) is 0 Å². The molecule has 4 heteroatoms. The summed E-state index contributed by atoms with van der Waals surface area (Å²) in [6.45, 7) is 4.20. The smallest absolute Gasteiger partial charge is 0.253 e. The molecular formula is C21H30N2O2. The summed E-state index contributed by atoms with van der Waals surface area (Å²) in [4.78, 5) is 17.5. The third kappa shape index (κ3) is 4.00. The summed E-state index contributed by atoms with van der Waals surface area (Å²) in [6, 6.07) is 8.36. The largest absolute Gasteiger partial charge is 0.490 e. The first-order chi connectivity index (χ1) is 12.3. The molecular weight excluding hydrogens is 312 g/mol. The minimum absolute atomic E-state index is 0.177. The van der Waals surface area contributed by atoms with E-state index in [0.717, 1.165) is 43.7 Å². The van der Waals surface area contributed by atoms with E-state index in [9.17, 15) is 4.79 Å². The number of piperidine rings is 1. The third-order valence-electron chi connectivity index (χ3n) is 6.05. The molecule has 0 radical (unpaired) electrons. The van der Waals surface area contributed by atoms with Crippen LogP contribution in [0.15, 0.2) is 24.3 Å². The molecule has 2 heterocycles. The van der Waals surface area contributed by atoms with E-state index in [4.69, 9.17) is 4.74 Å². The van der Waals surface area contributed by atoms with Gasteiger partial charge in [-0.3, -0.25) is 9.69 Å². The minimum atomic E-state index is 0.177. The number of nitrogens with zero attached hydrogens (tertiary/aromatic N) is 2. The highest BCUT2D eigenvalue weighted by Gasteiger charge is 2.29. The molecule has 1 amide bonds. The first-order valence-electron chi connectivity index (χ1n) is 10.1. The first kappa shape index (κ1) is 16.9. The maximum atomic E-state index is 12.9. The quantitative estimate of drug-likeness (QED) is 0.836. The number of carbonyl (C=O) groups is 1. The van der Waals surface area contributed by atoms with E-state index in [0.29, 0.717) is 12.1 Å². The third-order valence-corrected chi connectivity index (χ3v) is 6.05. The Kier molecular flexibility index (Phi) is 5.25. The number of rotatable bonds is 4. The second kappa shape index (κ2) is 7.77. The monoisotopic (exact) mass is 342 g/mol. The summed E-state index contributed by atoms with van der Waals surface area (Å²) in [6.07, 6.45) is 10.2. The Labute approximate surface area is 151 Å². The molecule has 0 bridgehead atoms. The van der Waals surface area contributed by atoms with Crippen LogP contribution in [0.3, 0.4) is 0 Å². The van der Waals surface area contributed by atoms with Gasteiger partial charge < -0.3 is 9.64 Å². The second-order valence-electron chi connectivity index (χ2n) is 7.84.